The molecule has 0 radical (unpaired) electrons. The number of aliphatic hydroxyl groups excluding tert-OH is 1. The Bertz CT molecular complexity index is 416. The van der Waals surface area contributed by atoms with Crippen LogP contribution in [0.2, 0.25) is 5.02 Å². The standard InChI is InChI=1S/C13H17ClFNO2/c1-16-4-5-18-13(8-16)12(17)6-9-2-3-10(15)7-11(9)14/h2-3,7,12-13,17H,4-6,8H2,1H3. The lowest BCUT2D eigenvalue weighted by atomic mass is 10.0. The average Bonchev–Trinajstić information content (AvgIpc) is 2.32. The number of halogens is 2. The van der Waals surface area contributed by atoms with Crippen LogP contribution in [-0.4, -0.2) is 49.0 Å². The molecule has 0 spiro atoms. The SMILES string of the molecule is CN1CCOC(C(O)Cc2ccc(F)cc2Cl)C1. The second-order valence-corrected chi connectivity index (χ2v) is 5.09. The number of likely N-dealkylation sites (N-methyl/N-ethyl adjacent to an activating group) is 1. The quantitative estimate of drug-likeness (QED) is 0.910. The van der Waals surface area contributed by atoms with Crippen LogP contribution in [0.25, 0.3) is 0 Å². The topological polar surface area (TPSA) is 32.7 Å². The van der Waals surface area contributed by atoms with Crippen molar-refractivity contribution in [2.75, 3.05) is 26.7 Å². The van der Waals surface area contributed by atoms with Gasteiger partial charge in [0.2, 0.25) is 0 Å². The molecule has 1 fully saturated rings. The first-order valence-corrected chi connectivity index (χ1v) is 6.36. The fourth-order valence-electron chi connectivity index (χ4n) is 2.09. The summed E-state index contributed by atoms with van der Waals surface area (Å²) >= 11 is 5.94. The number of benzene rings is 1. The highest BCUT2D eigenvalue weighted by Gasteiger charge is 2.25. The molecule has 3 nitrogen and oxygen atoms in total. The highest BCUT2D eigenvalue weighted by molar-refractivity contribution is 6.31. The predicted molar refractivity (Wildman–Crippen MR) is 68.4 cm³/mol. The van der Waals surface area contributed by atoms with Crippen molar-refractivity contribution in [3.05, 3.63) is 34.6 Å². The molecule has 0 aliphatic carbocycles. The summed E-state index contributed by atoms with van der Waals surface area (Å²) in [6.07, 6.45) is -0.474. The molecular weight excluding hydrogens is 257 g/mol. The van der Waals surface area contributed by atoms with E-state index in [9.17, 15) is 9.50 Å². The molecule has 5 heteroatoms. The van der Waals surface area contributed by atoms with E-state index in [1.54, 1.807) is 6.07 Å². The van der Waals surface area contributed by atoms with Crippen molar-refractivity contribution in [3.8, 4) is 0 Å². The van der Waals surface area contributed by atoms with Gasteiger partial charge in [0.1, 0.15) is 5.82 Å². The van der Waals surface area contributed by atoms with Gasteiger partial charge in [-0.15, -0.1) is 0 Å². The molecule has 100 valence electrons. The van der Waals surface area contributed by atoms with Gasteiger partial charge in [-0.25, -0.2) is 4.39 Å². The van der Waals surface area contributed by atoms with Crippen molar-refractivity contribution in [3.63, 3.8) is 0 Å². The Morgan fingerprint density at radius 1 is 1.61 bits per heavy atom. The molecule has 1 aliphatic rings. The monoisotopic (exact) mass is 273 g/mol. The average molecular weight is 274 g/mol. The molecule has 1 saturated heterocycles. The molecule has 0 bridgehead atoms. The Morgan fingerprint density at radius 3 is 3.06 bits per heavy atom. The smallest absolute Gasteiger partial charge is 0.124 e. The van der Waals surface area contributed by atoms with Gasteiger partial charge < -0.3 is 14.7 Å². The maximum atomic E-state index is 12.9. The lowest BCUT2D eigenvalue weighted by Gasteiger charge is -2.33. The van der Waals surface area contributed by atoms with E-state index in [0.717, 1.165) is 12.1 Å². The summed E-state index contributed by atoms with van der Waals surface area (Å²) in [7, 11) is 1.99. The first kappa shape index (κ1) is 13.7. The summed E-state index contributed by atoms with van der Waals surface area (Å²) in [5, 5.41) is 10.5. The summed E-state index contributed by atoms with van der Waals surface area (Å²) in [5.41, 5.74) is 0.738. The van der Waals surface area contributed by atoms with Crippen LogP contribution in [-0.2, 0) is 11.2 Å². The highest BCUT2D eigenvalue weighted by atomic mass is 35.5. The van der Waals surface area contributed by atoms with E-state index < -0.39 is 6.10 Å². The molecule has 1 N–H and O–H groups in total. The van der Waals surface area contributed by atoms with Gasteiger partial charge in [-0.2, -0.15) is 0 Å². The number of hydrogen-bond acceptors (Lipinski definition) is 3. The zero-order valence-corrected chi connectivity index (χ0v) is 11.0. The molecule has 1 heterocycles. The summed E-state index contributed by atoms with van der Waals surface area (Å²) in [4.78, 5) is 2.11. The Morgan fingerprint density at radius 2 is 2.39 bits per heavy atom. The maximum absolute atomic E-state index is 12.9. The molecule has 0 aromatic heterocycles. The van der Waals surface area contributed by atoms with E-state index in [4.69, 9.17) is 16.3 Å². The van der Waals surface area contributed by atoms with Crippen molar-refractivity contribution in [1.29, 1.82) is 0 Å². The van der Waals surface area contributed by atoms with Gasteiger partial charge in [-0.1, -0.05) is 17.7 Å². The lowest BCUT2D eigenvalue weighted by Crippen LogP contribution is -2.46. The summed E-state index contributed by atoms with van der Waals surface area (Å²) in [6.45, 7) is 2.19. The van der Waals surface area contributed by atoms with Crippen LogP contribution in [0.4, 0.5) is 4.39 Å². The van der Waals surface area contributed by atoms with Crippen LogP contribution in [0.1, 0.15) is 5.56 Å². The molecule has 1 aliphatic heterocycles. The first-order chi connectivity index (χ1) is 8.56. The van der Waals surface area contributed by atoms with Gasteiger partial charge in [-0.3, -0.25) is 0 Å². The van der Waals surface area contributed by atoms with Crippen LogP contribution in [0.3, 0.4) is 0 Å². The molecule has 0 saturated carbocycles. The number of ether oxygens (including phenoxy) is 1. The van der Waals surface area contributed by atoms with E-state index >= 15 is 0 Å². The molecule has 2 atom stereocenters. The van der Waals surface area contributed by atoms with Crippen LogP contribution in [0.5, 0.6) is 0 Å². The van der Waals surface area contributed by atoms with Crippen LogP contribution >= 0.6 is 11.6 Å². The van der Waals surface area contributed by atoms with Crippen molar-refractivity contribution >= 4 is 11.6 Å². The molecule has 1 aromatic rings. The van der Waals surface area contributed by atoms with Gasteiger partial charge in [0.15, 0.2) is 0 Å². The van der Waals surface area contributed by atoms with E-state index in [-0.39, 0.29) is 11.9 Å². The number of rotatable bonds is 3. The number of aliphatic hydroxyl groups is 1. The van der Waals surface area contributed by atoms with Crippen molar-refractivity contribution < 1.29 is 14.2 Å². The predicted octanol–water partition coefficient (Wildman–Crippen LogP) is 1.71. The second-order valence-electron chi connectivity index (χ2n) is 4.68. The van der Waals surface area contributed by atoms with Gasteiger partial charge in [0.25, 0.3) is 0 Å². The van der Waals surface area contributed by atoms with Gasteiger partial charge in [-0.05, 0) is 24.7 Å². The largest absolute Gasteiger partial charge is 0.390 e. The summed E-state index contributed by atoms with van der Waals surface area (Å²) in [5.74, 6) is -0.369. The fraction of sp³-hybridized carbons (Fsp3) is 0.538. The van der Waals surface area contributed by atoms with Gasteiger partial charge in [0.05, 0.1) is 18.8 Å². The molecule has 1 aromatic carbocycles. The normalized spacial score (nSPS) is 23.0. The Labute approximate surface area is 111 Å². The van der Waals surface area contributed by atoms with Gasteiger partial charge in [0, 0.05) is 24.5 Å². The van der Waals surface area contributed by atoms with E-state index in [2.05, 4.69) is 4.90 Å². The van der Waals surface area contributed by atoms with E-state index in [1.807, 2.05) is 7.05 Å². The number of morpholine rings is 1. The van der Waals surface area contributed by atoms with Crippen LogP contribution in [0.15, 0.2) is 18.2 Å². The molecule has 2 unspecified atom stereocenters. The van der Waals surface area contributed by atoms with Crippen LogP contribution < -0.4 is 0 Å². The minimum Gasteiger partial charge on any atom is -0.390 e. The Kier molecular flexibility index (Phi) is 4.56. The summed E-state index contributed by atoms with van der Waals surface area (Å²) in [6, 6.07) is 4.21. The Hall–Kier alpha value is -0.680. The molecule has 2 rings (SSSR count). The number of nitrogens with zero attached hydrogens (tertiary/aromatic N) is 1. The highest BCUT2D eigenvalue weighted by Crippen LogP contribution is 2.20. The third-order valence-electron chi connectivity index (χ3n) is 3.17. The maximum Gasteiger partial charge on any atom is 0.124 e. The minimum absolute atomic E-state index is 0.218. The third-order valence-corrected chi connectivity index (χ3v) is 3.52. The van der Waals surface area contributed by atoms with Crippen LogP contribution in [0, 0.1) is 5.82 Å². The molecular formula is C13H17ClFNO2. The Balaban J connectivity index is 1.99. The van der Waals surface area contributed by atoms with E-state index in [0.29, 0.717) is 24.6 Å². The zero-order valence-electron chi connectivity index (χ0n) is 10.3. The zero-order chi connectivity index (χ0) is 13.1. The van der Waals surface area contributed by atoms with Gasteiger partial charge >= 0.3 is 0 Å². The van der Waals surface area contributed by atoms with Crippen molar-refractivity contribution in [2.45, 2.75) is 18.6 Å². The molecule has 0 amide bonds. The lowest BCUT2D eigenvalue weighted by molar-refractivity contribution is -0.0823. The van der Waals surface area contributed by atoms with E-state index in [1.165, 1.54) is 12.1 Å². The fourth-order valence-corrected chi connectivity index (χ4v) is 2.33. The number of hydrogen-bond donors (Lipinski definition) is 1. The third kappa shape index (κ3) is 3.42. The first-order valence-electron chi connectivity index (χ1n) is 5.98. The summed E-state index contributed by atoms with van der Waals surface area (Å²) < 4.78 is 18.4. The minimum atomic E-state index is -0.629. The second kappa shape index (κ2) is 5.97. The van der Waals surface area contributed by atoms with Crippen molar-refractivity contribution in [2.24, 2.45) is 0 Å². The van der Waals surface area contributed by atoms with Crippen molar-refractivity contribution in [1.82, 2.24) is 4.90 Å². The molecule has 18 heavy (non-hydrogen) atoms.